The van der Waals surface area contributed by atoms with Crippen LogP contribution in [0.4, 0.5) is 10.3 Å². The number of nitrogens with one attached hydrogen (secondary N) is 1. The topological polar surface area (TPSA) is 164 Å². The zero-order valence-corrected chi connectivity index (χ0v) is 20.8. The lowest BCUT2D eigenvalue weighted by atomic mass is 10.1. The highest BCUT2D eigenvalue weighted by Crippen LogP contribution is 2.46. The van der Waals surface area contributed by atoms with Crippen molar-refractivity contribution < 1.29 is 32.6 Å². The largest absolute Gasteiger partial charge is 0.480 e. The minimum absolute atomic E-state index is 0.0401. The van der Waals surface area contributed by atoms with Gasteiger partial charge in [0.1, 0.15) is 17.6 Å². The second-order valence-electron chi connectivity index (χ2n) is 8.01. The number of imidazole rings is 1. The number of fused-ring (bicyclic) bond motifs is 1. The van der Waals surface area contributed by atoms with E-state index in [1.807, 2.05) is 16.7 Å². The Kier molecular flexibility index (Phi) is 7.46. The van der Waals surface area contributed by atoms with E-state index in [1.54, 1.807) is 6.33 Å². The van der Waals surface area contributed by atoms with Crippen LogP contribution in [0.1, 0.15) is 19.4 Å². The standard InChI is InChI=1S/C21H23ClFN6O6P/c1-11(20(30)31)28-36(32,35-14-5-6-15(22)16(23)8-14)34-9-12-3-4-13(7-12)29-10-25-17-18(29)26-21(24)27-19(17)33-2/h3-6,8,10-13H,7,9H2,1-2H3,(H,28,32)(H,30,31)(H2,24,26,27)/t11?,12-,13+,36?/m1/s1. The van der Waals surface area contributed by atoms with E-state index in [9.17, 15) is 18.9 Å². The Morgan fingerprint density at radius 1 is 1.42 bits per heavy atom. The maximum atomic E-state index is 13.8. The van der Waals surface area contributed by atoms with Gasteiger partial charge in [-0.05, 0) is 25.5 Å². The molecule has 1 aromatic carbocycles. The molecule has 36 heavy (non-hydrogen) atoms. The molecule has 12 nitrogen and oxygen atoms in total. The zero-order valence-electron chi connectivity index (χ0n) is 19.2. The molecule has 0 fully saturated rings. The minimum Gasteiger partial charge on any atom is -0.480 e. The molecule has 1 aliphatic carbocycles. The van der Waals surface area contributed by atoms with Gasteiger partial charge in [0.2, 0.25) is 11.8 Å². The molecule has 0 spiro atoms. The number of aromatic nitrogens is 4. The Morgan fingerprint density at radius 3 is 2.89 bits per heavy atom. The van der Waals surface area contributed by atoms with Gasteiger partial charge in [-0.2, -0.15) is 15.1 Å². The van der Waals surface area contributed by atoms with E-state index in [-0.39, 0.29) is 41.2 Å². The molecule has 0 aliphatic heterocycles. The first-order valence-electron chi connectivity index (χ1n) is 10.7. The molecular formula is C21H23ClFN6O6P. The zero-order chi connectivity index (χ0) is 26.0. The predicted octanol–water partition coefficient (Wildman–Crippen LogP) is 3.59. The summed E-state index contributed by atoms with van der Waals surface area (Å²) in [4.78, 5) is 23.9. The number of aliphatic carboxylic acids is 1. The third-order valence-electron chi connectivity index (χ3n) is 5.40. The summed E-state index contributed by atoms with van der Waals surface area (Å²) in [6, 6.07) is 2.02. The normalized spacial score (nSPS) is 19.8. The van der Waals surface area contributed by atoms with Gasteiger partial charge < -0.3 is 24.7 Å². The summed E-state index contributed by atoms with van der Waals surface area (Å²) in [7, 11) is -2.76. The van der Waals surface area contributed by atoms with Crippen LogP contribution in [-0.2, 0) is 13.9 Å². The van der Waals surface area contributed by atoms with E-state index in [0.717, 1.165) is 6.07 Å². The molecule has 1 aliphatic rings. The Hall–Kier alpha value is -3.25. The summed E-state index contributed by atoms with van der Waals surface area (Å²) in [5, 5.41) is 11.4. The highest BCUT2D eigenvalue weighted by molar-refractivity contribution is 7.52. The third-order valence-corrected chi connectivity index (χ3v) is 7.35. The molecular weight excluding hydrogens is 518 g/mol. The fourth-order valence-electron chi connectivity index (χ4n) is 3.62. The first kappa shape index (κ1) is 25.8. The van der Waals surface area contributed by atoms with E-state index in [2.05, 4.69) is 20.0 Å². The third kappa shape index (κ3) is 5.59. The smallest absolute Gasteiger partial charge is 0.459 e. The van der Waals surface area contributed by atoms with E-state index in [4.69, 9.17) is 31.1 Å². The molecule has 2 aromatic heterocycles. The number of nitrogens with zero attached hydrogens (tertiary/aromatic N) is 4. The molecule has 15 heteroatoms. The maximum Gasteiger partial charge on any atom is 0.459 e. The van der Waals surface area contributed by atoms with Crippen LogP contribution in [0.5, 0.6) is 11.6 Å². The van der Waals surface area contributed by atoms with E-state index >= 15 is 0 Å². The van der Waals surface area contributed by atoms with Crippen molar-refractivity contribution in [3.63, 3.8) is 0 Å². The molecule has 0 saturated carbocycles. The van der Waals surface area contributed by atoms with Gasteiger partial charge in [0.05, 0.1) is 31.1 Å². The first-order chi connectivity index (χ1) is 17.1. The van der Waals surface area contributed by atoms with Crippen molar-refractivity contribution >= 4 is 42.4 Å². The number of halogens is 2. The van der Waals surface area contributed by atoms with Crippen LogP contribution in [0.3, 0.4) is 0 Å². The number of nitrogens with two attached hydrogens (primary N) is 1. The van der Waals surface area contributed by atoms with Gasteiger partial charge in [-0.15, -0.1) is 0 Å². The molecule has 4 atom stereocenters. The van der Waals surface area contributed by atoms with Crippen LogP contribution in [0.15, 0.2) is 36.7 Å². The molecule has 0 bridgehead atoms. The number of hydrogen-bond donors (Lipinski definition) is 3. The van der Waals surface area contributed by atoms with Crippen molar-refractivity contribution in [1.29, 1.82) is 0 Å². The van der Waals surface area contributed by atoms with Crippen molar-refractivity contribution in [2.75, 3.05) is 19.5 Å². The van der Waals surface area contributed by atoms with Gasteiger partial charge in [0, 0.05) is 12.0 Å². The molecule has 0 radical (unpaired) electrons. The molecule has 2 heterocycles. The summed E-state index contributed by atoms with van der Waals surface area (Å²) >= 11 is 5.68. The van der Waals surface area contributed by atoms with Crippen molar-refractivity contribution in [3.05, 3.63) is 47.5 Å². The van der Waals surface area contributed by atoms with Crippen molar-refractivity contribution in [3.8, 4) is 11.6 Å². The van der Waals surface area contributed by atoms with Crippen LogP contribution < -0.4 is 20.1 Å². The molecule has 0 saturated heterocycles. The van der Waals surface area contributed by atoms with Crippen LogP contribution in [-0.4, -0.2) is 50.4 Å². The van der Waals surface area contributed by atoms with Crippen LogP contribution in [0.25, 0.3) is 11.2 Å². The summed E-state index contributed by atoms with van der Waals surface area (Å²) in [5.74, 6) is -2.11. The SMILES string of the molecule is COc1nc(N)nc2c1ncn2[C@H]1C=C[C@@H](COP(=O)(NC(C)C(=O)O)Oc2ccc(Cl)c(F)c2)C1. The number of benzene rings is 1. The number of carbonyl (C=O) groups is 1. The number of allylic oxidation sites excluding steroid dienone is 1. The number of methoxy groups -OCH3 is 1. The Labute approximate surface area is 209 Å². The number of ether oxygens (including phenoxy) is 1. The van der Waals surface area contributed by atoms with E-state index < -0.39 is 25.6 Å². The monoisotopic (exact) mass is 540 g/mol. The molecule has 0 amide bonds. The average Bonchev–Trinajstić information content (AvgIpc) is 3.46. The number of carboxylic acid groups (broad SMARTS) is 1. The van der Waals surface area contributed by atoms with Gasteiger partial charge >= 0.3 is 13.7 Å². The van der Waals surface area contributed by atoms with Crippen LogP contribution >= 0.6 is 19.3 Å². The van der Waals surface area contributed by atoms with E-state index in [0.29, 0.717) is 17.6 Å². The minimum atomic E-state index is -4.22. The second kappa shape index (κ2) is 10.4. The Balaban J connectivity index is 1.48. The fraction of sp³-hybridized carbons (Fsp3) is 0.333. The number of carboxylic acids is 1. The van der Waals surface area contributed by atoms with Gasteiger partial charge in [-0.3, -0.25) is 9.32 Å². The molecule has 192 valence electrons. The van der Waals surface area contributed by atoms with Crippen molar-refractivity contribution in [2.45, 2.75) is 25.4 Å². The highest BCUT2D eigenvalue weighted by Gasteiger charge is 2.34. The molecule has 3 aromatic rings. The fourth-order valence-corrected chi connectivity index (χ4v) is 5.28. The lowest BCUT2D eigenvalue weighted by molar-refractivity contribution is -0.138. The van der Waals surface area contributed by atoms with E-state index in [1.165, 1.54) is 26.2 Å². The predicted molar refractivity (Wildman–Crippen MR) is 128 cm³/mol. The summed E-state index contributed by atoms with van der Waals surface area (Å²) in [5.41, 5.74) is 6.74. The van der Waals surface area contributed by atoms with Gasteiger partial charge in [-0.1, -0.05) is 23.8 Å². The second-order valence-corrected chi connectivity index (χ2v) is 10.1. The van der Waals surface area contributed by atoms with Crippen molar-refractivity contribution in [1.82, 2.24) is 24.6 Å². The quantitative estimate of drug-likeness (QED) is 0.254. The molecule has 4 rings (SSSR count). The van der Waals surface area contributed by atoms with Gasteiger partial charge in [0.25, 0.3) is 0 Å². The number of nitrogen functional groups attached to an aromatic ring is 1. The number of rotatable bonds is 10. The van der Waals surface area contributed by atoms with Gasteiger partial charge in [0.15, 0.2) is 11.2 Å². The summed E-state index contributed by atoms with van der Waals surface area (Å²) in [6.45, 7) is 1.20. The maximum absolute atomic E-state index is 13.8. The first-order valence-corrected chi connectivity index (χ1v) is 12.6. The summed E-state index contributed by atoms with van der Waals surface area (Å²) in [6.07, 6.45) is 5.90. The Bertz CT molecular complexity index is 1370. The molecule has 4 N–H and O–H groups in total. The average molecular weight is 541 g/mol. The molecule has 2 unspecified atom stereocenters. The number of hydrogen-bond acceptors (Lipinski definition) is 9. The number of anilines is 1. The lowest BCUT2D eigenvalue weighted by Gasteiger charge is -2.23. The van der Waals surface area contributed by atoms with Crippen LogP contribution in [0, 0.1) is 11.7 Å². The van der Waals surface area contributed by atoms with Crippen LogP contribution in [0.2, 0.25) is 5.02 Å². The highest BCUT2D eigenvalue weighted by atomic mass is 35.5. The lowest BCUT2D eigenvalue weighted by Crippen LogP contribution is -2.33. The van der Waals surface area contributed by atoms with Crippen molar-refractivity contribution in [2.24, 2.45) is 5.92 Å². The summed E-state index contributed by atoms with van der Waals surface area (Å²) < 4.78 is 45.2. The van der Waals surface area contributed by atoms with Gasteiger partial charge in [-0.25, -0.2) is 13.9 Å². The Morgan fingerprint density at radius 2 is 2.19 bits per heavy atom.